The van der Waals surface area contributed by atoms with Crippen LogP contribution in [0.15, 0.2) is 29.3 Å². The van der Waals surface area contributed by atoms with Crippen molar-refractivity contribution in [1.29, 1.82) is 0 Å². The first-order chi connectivity index (χ1) is 11.0. The molecule has 23 heavy (non-hydrogen) atoms. The lowest BCUT2D eigenvalue weighted by Gasteiger charge is -2.31. The molecular formula is C17H22ClN3O2. The van der Waals surface area contributed by atoms with Crippen LogP contribution in [0.25, 0.3) is 10.9 Å². The van der Waals surface area contributed by atoms with E-state index in [0.717, 1.165) is 19.0 Å². The summed E-state index contributed by atoms with van der Waals surface area (Å²) in [6, 6.07) is 5.07. The van der Waals surface area contributed by atoms with Gasteiger partial charge in [0, 0.05) is 11.6 Å². The summed E-state index contributed by atoms with van der Waals surface area (Å²) >= 11 is 5.96. The Hall–Kier alpha value is -1.43. The molecular weight excluding hydrogens is 314 g/mol. The van der Waals surface area contributed by atoms with Crippen molar-refractivity contribution in [1.82, 2.24) is 14.5 Å². The molecule has 0 bridgehead atoms. The molecule has 0 saturated carbocycles. The molecule has 3 rings (SSSR count). The molecule has 1 atom stereocenters. The number of rotatable bonds is 4. The number of piperidine rings is 1. The lowest BCUT2D eigenvalue weighted by atomic mass is 9.99. The fourth-order valence-electron chi connectivity index (χ4n) is 3.09. The molecule has 0 spiro atoms. The molecule has 0 radical (unpaired) electrons. The van der Waals surface area contributed by atoms with E-state index >= 15 is 0 Å². The summed E-state index contributed by atoms with van der Waals surface area (Å²) in [6.45, 7) is 5.13. The Labute approximate surface area is 140 Å². The summed E-state index contributed by atoms with van der Waals surface area (Å²) in [5.41, 5.74) is 0.457. The van der Waals surface area contributed by atoms with Crippen LogP contribution in [0.4, 0.5) is 0 Å². The average Bonchev–Trinajstić information content (AvgIpc) is 2.53. The van der Waals surface area contributed by atoms with Gasteiger partial charge in [-0.15, -0.1) is 0 Å². The number of aliphatic hydroxyl groups is 1. The maximum absolute atomic E-state index is 12.5. The first-order valence-corrected chi connectivity index (χ1v) is 8.46. The minimum Gasteiger partial charge on any atom is -0.390 e. The van der Waals surface area contributed by atoms with Gasteiger partial charge in [0.25, 0.3) is 5.56 Å². The first kappa shape index (κ1) is 16.4. The van der Waals surface area contributed by atoms with Crippen molar-refractivity contribution < 1.29 is 5.11 Å². The zero-order valence-electron chi connectivity index (χ0n) is 13.3. The predicted octanol–water partition coefficient (Wildman–Crippen LogP) is 2.14. The van der Waals surface area contributed by atoms with Gasteiger partial charge in [-0.2, -0.15) is 0 Å². The molecule has 1 saturated heterocycles. The Balaban J connectivity index is 1.71. The molecule has 6 heteroatoms. The molecule has 0 aliphatic carbocycles. The molecule has 1 fully saturated rings. The van der Waals surface area contributed by atoms with Gasteiger partial charge >= 0.3 is 0 Å². The summed E-state index contributed by atoms with van der Waals surface area (Å²) < 4.78 is 1.47. The van der Waals surface area contributed by atoms with Crippen molar-refractivity contribution in [2.45, 2.75) is 32.4 Å². The number of nitrogens with zero attached hydrogens (tertiary/aromatic N) is 3. The number of aromatic nitrogens is 2. The quantitative estimate of drug-likeness (QED) is 0.930. The third-order valence-corrected chi connectivity index (χ3v) is 4.77. The van der Waals surface area contributed by atoms with E-state index in [4.69, 9.17) is 11.6 Å². The Morgan fingerprint density at radius 2 is 2.09 bits per heavy atom. The SMILES string of the molecule is CC1CCN(C[C@H](O)Cn2cnc3ccc(Cl)cc3c2=O)CC1. The number of aliphatic hydroxyl groups excluding tert-OH is 1. The first-order valence-electron chi connectivity index (χ1n) is 8.08. The summed E-state index contributed by atoms with van der Waals surface area (Å²) in [5, 5.41) is 11.3. The van der Waals surface area contributed by atoms with Crippen LogP contribution in [-0.2, 0) is 6.54 Å². The average molecular weight is 336 g/mol. The van der Waals surface area contributed by atoms with Crippen LogP contribution in [-0.4, -0.2) is 45.3 Å². The Kier molecular flexibility index (Phi) is 4.99. The number of likely N-dealkylation sites (tertiary alicyclic amines) is 1. The molecule has 1 aliphatic rings. The minimum absolute atomic E-state index is 0.163. The van der Waals surface area contributed by atoms with Crippen LogP contribution in [0.2, 0.25) is 5.02 Å². The summed E-state index contributed by atoms with van der Waals surface area (Å²) in [7, 11) is 0. The topological polar surface area (TPSA) is 58.4 Å². The van der Waals surface area contributed by atoms with Gasteiger partial charge in [-0.05, 0) is 50.0 Å². The third-order valence-electron chi connectivity index (χ3n) is 4.54. The van der Waals surface area contributed by atoms with Crippen LogP contribution in [0.1, 0.15) is 19.8 Å². The highest BCUT2D eigenvalue weighted by Gasteiger charge is 2.19. The molecule has 1 aromatic carbocycles. The molecule has 2 heterocycles. The van der Waals surface area contributed by atoms with Gasteiger partial charge in [-0.25, -0.2) is 4.98 Å². The van der Waals surface area contributed by atoms with E-state index in [2.05, 4.69) is 16.8 Å². The van der Waals surface area contributed by atoms with Crippen molar-refractivity contribution >= 4 is 22.5 Å². The van der Waals surface area contributed by atoms with Gasteiger partial charge in [-0.1, -0.05) is 18.5 Å². The fraction of sp³-hybridized carbons (Fsp3) is 0.529. The van der Waals surface area contributed by atoms with Gasteiger partial charge in [0.2, 0.25) is 0 Å². The maximum atomic E-state index is 12.5. The van der Waals surface area contributed by atoms with Crippen LogP contribution >= 0.6 is 11.6 Å². The lowest BCUT2D eigenvalue weighted by Crippen LogP contribution is -2.40. The molecule has 1 N–H and O–H groups in total. The van der Waals surface area contributed by atoms with Gasteiger partial charge < -0.3 is 10.0 Å². The standard InChI is InChI=1S/C17H22ClN3O2/c1-12-4-6-20(7-5-12)9-14(22)10-21-11-19-16-3-2-13(18)8-15(16)17(21)23/h2-3,8,11-12,14,22H,4-7,9-10H2,1H3/t14-/m0/s1. The summed E-state index contributed by atoms with van der Waals surface area (Å²) in [6.07, 6.45) is 3.25. The highest BCUT2D eigenvalue weighted by Crippen LogP contribution is 2.16. The van der Waals surface area contributed by atoms with Crippen molar-refractivity contribution in [3.63, 3.8) is 0 Å². The van der Waals surface area contributed by atoms with Crippen LogP contribution < -0.4 is 5.56 Å². The number of hydrogen-bond donors (Lipinski definition) is 1. The van der Waals surface area contributed by atoms with Crippen molar-refractivity contribution in [2.75, 3.05) is 19.6 Å². The van der Waals surface area contributed by atoms with E-state index in [1.54, 1.807) is 18.2 Å². The van der Waals surface area contributed by atoms with E-state index in [1.807, 2.05) is 0 Å². The molecule has 2 aromatic rings. The third kappa shape index (κ3) is 3.91. The van der Waals surface area contributed by atoms with E-state index in [1.165, 1.54) is 23.7 Å². The van der Waals surface area contributed by atoms with Crippen LogP contribution in [0, 0.1) is 5.92 Å². The number of benzene rings is 1. The number of hydrogen-bond acceptors (Lipinski definition) is 4. The van der Waals surface area contributed by atoms with Crippen molar-refractivity contribution in [2.24, 2.45) is 5.92 Å². The second-order valence-corrected chi connectivity index (χ2v) is 6.94. The zero-order valence-corrected chi connectivity index (χ0v) is 14.0. The van der Waals surface area contributed by atoms with Crippen molar-refractivity contribution in [3.8, 4) is 0 Å². The number of halogens is 1. The highest BCUT2D eigenvalue weighted by molar-refractivity contribution is 6.31. The molecule has 1 aliphatic heterocycles. The van der Waals surface area contributed by atoms with Gasteiger partial charge in [0.15, 0.2) is 0 Å². The Morgan fingerprint density at radius 3 is 2.83 bits per heavy atom. The highest BCUT2D eigenvalue weighted by atomic mass is 35.5. The largest absolute Gasteiger partial charge is 0.390 e. The predicted molar refractivity (Wildman–Crippen MR) is 91.9 cm³/mol. The molecule has 1 aromatic heterocycles. The number of fused-ring (bicyclic) bond motifs is 1. The van der Waals surface area contributed by atoms with Crippen LogP contribution in [0.5, 0.6) is 0 Å². The Morgan fingerprint density at radius 1 is 1.35 bits per heavy atom. The zero-order chi connectivity index (χ0) is 16.4. The van der Waals surface area contributed by atoms with E-state index < -0.39 is 6.10 Å². The fourth-order valence-corrected chi connectivity index (χ4v) is 3.26. The van der Waals surface area contributed by atoms with E-state index in [9.17, 15) is 9.90 Å². The second-order valence-electron chi connectivity index (χ2n) is 6.50. The minimum atomic E-state index is -0.584. The normalized spacial score (nSPS) is 18.4. The molecule has 124 valence electrons. The van der Waals surface area contributed by atoms with Crippen LogP contribution in [0.3, 0.4) is 0 Å². The summed E-state index contributed by atoms with van der Waals surface area (Å²) in [5.74, 6) is 0.764. The molecule has 5 nitrogen and oxygen atoms in total. The van der Waals surface area contributed by atoms with E-state index in [-0.39, 0.29) is 12.1 Å². The monoisotopic (exact) mass is 335 g/mol. The lowest BCUT2D eigenvalue weighted by molar-refractivity contribution is 0.0794. The second kappa shape index (κ2) is 6.99. The van der Waals surface area contributed by atoms with Gasteiger partial charge in [0.1, 0.15) is 0 Å². The molecule has 0 unspecified atom stereocenters. The van der Waals surface area contributed by atoms with Gasteiger partial charge in [-0.3, -0.25) is 9.36 Å². The van der Waals surface area contributed by atoms with Gasteiger partial charge in [0.05, 0.1) is 29.9 Å². The number of β-amino-alcohol motifs (C(OH)–C–C–N with tert-alkyl or cyclic N) is 1. The summed E-state index contributed by atoms with van der Waals surface area (Å²) in [4.78, 5) is 19.0. The Bertz CT molecular complexity index is 738. The van der Waals surface area contributed by atoms with E-state index in [0.29, 0.717) is 22.5 Å². The van der Waals surface area contributed by atoms with Crippen molar-refractivity contribution in [3.05, 3.63) is 39.9 Å². The smallest absolute Gasteiger partial charge is 0.261 e. The molecule has 0 amide bonds. The maximum Gasteiger partial charge on any atom is 0.261 e.